The number of hydrogen-bond donors (Lipinski definition) is 2. The molecule has 2 unspecified atom stereocenters. The van der Waals surface area contributed by atoms with Gasteiger partial charge in [0, 0.05) is 24.3 Å². The second-order valence-electron chi connectivity index (χ2n) is 10.1. The molecule has 0 radical (unpaired) electrons. The zero-order chi connectivity index (χ0) is 29.0. The Hall–Kier alpha value is -3.66. The SMILES string of the molecule is COc1cc(C=Cc2ccc(OC(=O)SCCNC(=O)C(OC(N)=O)C(C)CC(C)(C)C)cc2)cc(OC)c1. The number of thioether (sulfide) groups is 1. The van der Waals surface area contributed by atoms with Crippen molar-refractivity contribution in [3.8, 4) is 17.2 Å². The molecule has 0 heterocycles. The maximum absolute atomic E-state index is 12.6. The van der Waals surface area contributed by atoms with Crippen LogP contribution in [0, 0.1) is 11.3 Å². The molecule has 2 amide bonds. The second kappa shape index (κ2) is 15.1. The monoisotopic (exact) mass is 558 g/mol. The molecule has 212 valence electrons. The fourth-order valence-electron chi connectivity index (χ4n) is 3.93. The van der Waals surface area contributed by atoms with Crippen molar-refractivity contribution in [1.82, 2.24) is 5.32 Å². The van der Waals surface area contributed by atoms with E-state index in [1.165, 1.54) is 0 Å². The van der Waals surface area contributed by atoms with E-state index >= 15 is 0 Å². The van der Waals surface area contributed by atoms with Crippen molar-refractivity contribution in [2.45, 2.75) is 40.2 Å². The van der Waals surface area contributed by atoms with Crippen molar-refractivity contribution in [1.29, 1.82) is 0 Å². The molecule has 0 aliphatic carbocycles. The number of rotatable bonds is 12. The molecule has 2 aromatic carbocycles. The third-order valence-corrected chi connectivity index (χ3v) is 6.22. The van der Waals surface area contributed by atoms with Crippen molar-refractivity contribution in [2.75, 3.05) is 26.5 Å². The van der Waals surface area contributed by atoms with E-state index in [0.29, 0.717) is 23.7 Å². The molecule has 39 heavy (non-hydrogen) atoms. The lowest BCUT2D eigenvalue weighted by Crippen LogP contribution is -2.44. The Morgan fingerprint density at radius 2 is 1.54 bits per heavy atom. The number of hydrogen-bond acceptors (Lipinski definition) is 8. The van der Waals surface area contributed by atoms with Gasteiger partial charge < -0.3 is 30.0 Å². The molecule has 0 saturated heterocycles. The topological polar surface area (TPSA) is 126 Å². The molecule has 0 saturated carbocycles. The molecule has 2 aromatic rings. The Balaban J connectivity index is 1.82. The van der Waals surface area contributed by atoms with E-state index in [9.17, 15) is 14.4 Å². The molecule has 9 nitrogen and oxygen atoms in total. The Morgan fingerprint density at radius 3 is 2.08 bits per heavy atom. The van der Waals surface area contributed by atoms with Gasteiger partial charge in [0.1, 0.15) is 17.2 Å². The smallest absolute Gasteiger partial charge is 0.405 e. The highest BCUT2D eigenvalue weighted by Crippen LogP contribution is 2.27. The lowest BCUT2D eigenvalue weighted by molar-refractivity contribution is -0.132. The number of amides is 2. The summed E-state index contributed by atoms with van der Waals surface area (Å²) in [5.74, 6) is 1.40. The number of ether oxygens (including phenoxy) is 4. The fraction of sp³-hybridized carbons (Fsp3) is 0.414. The summed E-state index contributed by atoms with van der Waals surface area (Å²) in [5, 5.41) is 2.20. The third-order valence-electron chi connectivity index (χ3n) is 5.50. The van der Waals surface area contributed by atoms with Crippen molar-refractivity contribution in [3.05, 3.63) is 53.6 Å². The normalized spacial score (nSPS) is 12.9. The minimum absolute atomic E-state index is 0.0583. The summed E-state index contributed by atoms with van der Waals surface area (Å²) in [7, 11) is 3.20. The molecule has 0 aliphatic heterocycles. The molecule has 0 aliphatic rings. The van der Waals surface area contributed by atoms with Gasteiger partial charge in [-0.1, -0.05) is 52.0 Å². The largest absolute Gasteiger partial charge is 0.497 e. The van der Waals surface area contributed by atoms with Crippen LogP contribution in [0.4, 0.5) is 9.59 Å². The summed E-state index contributed by atoms with van der Waals surface area (Å²) in [6.45, 7) is 8.14. The molecule has 2 rings (SSSR count). The van der Waals surface area contributed by atoms with Crippen LogP contribution in [0.5, 0.6) is 17.2 Å². The standard InChI is InChI=1S/C29H38N2O7S/c1-19(18-29(2,3)4)25(38-27(30)33)26(32)31-13-14-39-28(34)37-22-11-9-20(10-12-22)7-8-21-15-23(35-5)17-24(16-21)36-6/h7-12,15-17,19,25H,13-14,18H2,1-6H3,(H2,30,33)(H,31,32). The van der Waals surface area contributed by atoms with Gasteiger partial charge in [-0.25, -0.2) is 9.59 Å². The minimum atomic E-state index is -1.00. The number of nitrogens with one attached hydrogen (secondary N) is 1. The van der Waals surface area contributed by atoms with E-state index < -0.39 is 23.4 Å². The zero-order valence-electron chi connectivity index (χ0n) is 23.3. The zero-order valence-corrected chi connectivity index (χ0v) is 24.1. The van der Waals surface area contributed by atoms with Crippen LogP contribution >= 0.6 is 11.8 Å². The molecule has 3 N–H and O–H groups in total. The third kappa shape index (κ3) is 11.7. The average Bonchev–Trinajstić information content (AvgIpc) is 2.87. The van der Waals surface area contributed by atoms with Crippen LogP contribution in [0.2, 0.25) is 0 Å². The van der Waals surface area contributed by atoms with Crippen LogP contribution in [0.3, 0.4) is 0 Å². The fourth-order valence-corrected chi connectivity index (χ4v) is 4.45. The van der Waals surface area contributed by atoms with Crippen LogP contribution < -0.4 is 25.3 Å². The number of carbonyl (C=O) groups excluding carboxylic acids is 3. The maximum Gasteiger partial charge on any atom is 0.405 e. The van der Waals surface area contributed by atoms with Gasteiger partial charge in [-0.05, 0) is 59.0 Å². The van der Waals surface area contributed by atoms with Crippen molar-refractivity contribution >= 4 is 41.2 Å². The Morgan fingerprint density at radius 1 is 0.949 bits per heavy atom. The molecule has 0 fully saturated rings. The predicted octanol–water partition coefficient (Wildman–Crippen LogP) is 5.76. The van der Waals surface area contributed by atoms with E-state index in [1.807, 2.05) is 64.1 Å². The van der Waals surface area contributed by atoms with Crippen LogP contribution in [-0.4, -0.2) is 49.9 Å². The van der Waals surface area contributed by atoms with E-state index in [2.05, 4.69) is 5.32 Å². The summed E-state index contributed by atoms with van der Waals surface area (Å²) in [6.07, 6.45) is 2.51. The first kappa shape index (κ1) is 31.6. The van der Waals surface area contributed by atoms with E-state index in [1.54, 1.807) is 32.4 Å². The van der Waals surface area contributed by atoms with Gasteiger partial charge in [-0.2, -0.15) is 0 Å². The molecule has 0 aromatic heterocycles. The highest BCUT2D eigenvalue weighted by molar-refractivity contribution is 8.13. The van der Waals surface area contributed by atoms with Gasteiger partial charge in [0.25, 0.3) is 5.91 Å². The van der Waals surface area contributed by atoms with Crippen LogP contribution in [0.1, 0.15) is 45.2 Å². The lowest BCUT2D eigenvalue weighted by atomic mass is 9.83. The predicted molar refractivity (Wildman–Crippen MR) is 154 cm³/mol. The van der Waals surface area contributed by atoms with Gasteiger partial charge in [-0.3, -0.25) is 4.79 Å². The first-order valence-corrected chi connectivity index (χ1v) is 13.5. The quantitative estimate of drug-likeness (QED) is 0.191. The Bertz CT molecular complexity index is 1120. The number of nitrogens with two attached hydrogens (primary N) is 1. The number of benzene rings is 2. The summed E-state index contributed by atoms with van der Waals surface area (Å²) < 4.78 is 21.0. The summed E-state index contributed by atoms with van der Waals surface area (Å²) in [6, 6.07) is 12.7. The molecule has 0 spiro atoms. The van der Waals surface area contributed by atoms with Crippen molar-refractivity contribution in [2.24, 2.45) is 17.1 Å². The highest BCUT2D eigenvalue weighted by atomic mass is 32.2. The molecular formula is C29H38N2O7S. The molecule has 10 heteroatoms. The van der Waals surface area contributed by atoms with E-state index in [4.69, 9.17) is 24.7 Å². The number of carbonyl (C=O) groups is 3. The molecule has 2 atom stereocenters. The number of methoxy groups -OCH3 is 2. The van der Waals surface area contributed by atoms with Gasteiger partial charge in [-0.15, -0.1) is 0 Å². The van der Waals surface area contributed by atoms with Crippen LogP contribution in [0.25, 0.3) is 12.2 Å². The highest BCUT2D eigenvalue weighted by Gasteiger charge is 2.31. The van der Waals surface area contributed by atoms with Crippen LogP contribution in [0.15, 0.2) is 42.5 Å². The summed E-state index contributed by atoms with van der Waals surface area (Å²) in [4.78, 5) is 36.1. The van der Waals surface area contributed by atoms with Crippen molar-refractivity contribution < 1.29 is 33.3 Å². The van der Waals surface area contributed by atoms with Gasteiger partial charge in [0.15, 0.2) is 6.10 Å². The lowest BCUT2D eigenvalue weighted by Gasteiger charge is -2.28. The second-order valence-corrected chi connectivity index (χ2v) is 11.2. The average molecular weight is 559 g/mol. The van der Waals surface area contributed by atoms with E-state index in [0.717, 1.165) is 22.9 Å². The minimum Gasteiger partial charge on any atom is -0.497 e. The molecular weight excluding hydrogens is 520 g/mol. The van der Waals surface area contributed by atoms with Crippen LogP contribution in [-0.2, 0) is 9.53 Å². The van der Waals surface area contributed by atoms with E-state index in [-0.39, 0.29) is 23.6 Å². The van der Waals surface area contributed by atoms with Gasteiger partial charge in [0.05, 0.1) is 14.2 Å². The maximum atomic E-state index is 12.6. The van der Waals surface area contributed by atoms with Crippen molar-refractivity contribution in [3.63, 3.8) is 0 Å². The number of primary amides is 1. The summed E-state index contributed by atoms with van der Waals surface area (Å²) in [5.41, 5.74) is 6.93. The van der Waals surface area contributed by atoms with Gasteiger partial charge >= 0.3 is 11.4 Å². The summed E-state index contributed by atoms with van der Waals surface area (Å²) >= 11 is 0.930. The first-order valence-electron chi connectivity index (χ1n) is 12.5. The molecule has 0 bridgehead atoms. The Labute approximate surface area is 234 Å². The van der Waals surface area contributed by atoms with Gasteiger partial charge in [0.2, 0.25) is 0 Å². The first-order chi connectivity index (χ1) is 18.4. The Kier molecular flexibility index (Phi) is 12.2.